The first kappa shape index (κ1) is 24.5. The van der Waals surface area contributed by atoms with Gasteiger partial charge in [-0.2, -0.15) is 26.3 Å². The Balaban J connectivity index is 1.52. The highest BCUT2D eigenvalue weighted by molar-refractivity contribution is 5.68. The van der Waals surface area contributed by atoms with Gasteiger partial charge in [-0.05, 0) is 42.8 Å². The van der Waals surface area contributed by atoms with Gasteiger partial charge in [0, 0.05) is 44.5 Å². The molecule has 1 aliphatic rings. The summed E-state index contributed by atoms with van der Waals surface area (Å²) in [5.74, 6) is 0. The number of anilines is 1. The van der Waals surface area contributed by atoms with Crippen molar-refractivity contribution in [1.29, 1.82) is 0 Å². The SMILES string of the molecule is C[C@@H](Cc1c[nH]c(=O)c(C(F)(F)F)c1)OC(=O)N1CCN(c2ccc(C(F)(F)F)cc2)CC1. The Bertz CT molecular complexity index is 1030. The Morgan fingerprint density at radius 2 is 1.64 bits per heavy atom. The standard InChI is InChI=1S/C21H21F6N3O3/c1-13(10-14-11-17(21(25,26)27)18(31)28-12-14)33-19(32)30-8-6-29(7-9-30)16-4-2-15(3-5-16)20(22,23)24/h2-5,11-13H,6-10H2,1H3,(H,28,31)/t13-/m0/s1. The van der Waals surface area contributed by atoms with Crippen LogP contribution < -0.4 is 10.5 Å². The normalized spacial score (nSPS) is 16.0. The zero-order chi connectivity index (χ0) is 24.4. The quantitative estimate of drug-likeness (QED) is 0.667. The molecular weight excluding hydrogens is 456 g/mol. The van der Waals surface area contributed by atoms with E-state index in [1.807, 2.05) is 9.88 Å². The molecule has 0 radical (unpaired) electrons. The third-order valence-electron chi connectivity index (χ3n) is 5.19. The van der Waals surface area contributed by atoms with E-state index in [-0.39, 0.29) is 25.1 Å². The van der Waals surface area contributed by atoms with Crippen LogP contribution in [-0.2, 0) is 23.5 Å². The highest BCUT2D eigenvalue weighted by atomic mass is 19.4. The van der Waals surface area contributed by atoms with Crippen LogP contribution in [0.15, 0.2) is 41.3 Å². The molecule has 1 aromatic heterocycles. The second-order valence-corrected chi connectivity index (χ2v) is 7.67. The van der Waals surface area contributed by atoms with Gasteiger partial charge in [0.05, 0.1) is 5.56 Å². The summed E-state index contributed by atoms with van der Waals surface area (Å²) in [5, 5.41) is 0. The molecule has 2 aromatic rings. The van der Waals surface area contributed by atoms with Crippen LogP contribution >= 0.6 is 0 Å². The molecule has 1 amide bonds. The van der Waals surface area contributed by atoms with Gasteiger partial charge in [0.2, 0.25) is 0 Å². The number of hydrogen-bond acceptors (Lipinski definition) is 4. The summed E-state index contributed by atoms with van der Waals surface area (Å²) in [6, 6.07) is 5.47. The Hall–Kier alpha value is -3.18. The fraction of sp³-hybridized carbons (Fsp3) is 0.429. The highest BCUT2D eigenvalue weighted by Gasteiger charge is 2.34. The second kappa shape index (κ2) is 9.36. The summed E-state index contributed by atoms with van der Waals surface area (Å²) in [6.45, 7) is 2.81. The van der Waals surface area contributed by atoms with Gasteiger partial charge in [0.15, 0.2) is 0 Å². The Labute approximate surface area is 184 Å². The number of H-pyrrole nitrogens is 1. The second-order valence-electron chi connectivity index (χ2n) is 7.67. The van der Waals surface area contributed by atoms with Crippen molar-refractivity contribution in [3.8, 4) is 0 Å². The predicted molar refractivity (Wildman–Crippen MR) is 107 cm³/mol. The number of carbonyl (C=O) groups is 1. The van der Waals surface area contributed by atoms with Gasteiger partial charge < -0.3 is 19.5 Å². The summed E-state index contributed by atoms with van der Waals surface area (Å²) in [7, 11) is 0. The highest BCUT2D eigenvalue weighted by Crippen LogP contribution is 2.31. The van der Waals surface area contributed by atoms with E-state index in [1.165, 1.54) is 24.0 Å². The van der Waals surface area contributed by atoms with Crippen molar-refractivity contribution in [2.24, 2.45) is 0 Å². The molecule has 3 rings (SSSR count). The molecule has 1 fully saturated rings. The van der Waals surface area contributed by atoms with Crippen LogP contribution in [0.5, 0.6) is 0 Å². The maximum atomic E-state index is 12.9. The van der Waals surface area contributed by atoms with Gasteiger partial charge in [-0.15, -0.1) is 0 Å². The van der Waals surface area contributed by atoms with Crippen LogP contribution in [0, 0.1) is 0 Å². The van der Waals surface area contributed by atoms with E-state index in [1.54, 1.807) is 0 Å². The molecular formula is C21H21F6N3O3. The maximum Gasteiger partial charge on any atom is 0.421 e. The van der Waals surface area contributed by atoms with Crippen molar-refractivity contribution in [2.75, 3.05) is 31.1 Å². The number of amides is 1. The van der Waals surface area contributed by atoms with E-state index < -0.39 is 41.2 Å². The van der Waals surface area contributed by atoms with E-state index in [9.17, 15) is 35.9 Å². The summed E-state index contributed by atoms with van der Waals surface area (Å²) in [5.41, 5.74) is -2.55. The minimum Gasteiger partial charge on any atom is -0.446 e. The number of rotatable bonds is 4. The number of hydrogen-bond donors (Lipinski definition) is 1. The maximum absolute atomic E-state index is 12.9. The molecule has 1 aromatic carbocycles. The predicted octanol–water partition coefficient (Wildman–Crippen LogP) is 4.30. The van der Waals surface area contributed by atoms with Crippen molar-refractivity contribution < 1.29 is 35.9 Å². The molecule has 0 saturated carbocycles. The Morgan fingerprint density at radius 1 is 1.03 bits per heavy atom. The molecule has 1 saturated heterocycles. The lowest BCUT2D eigenvalue weighted by Crippen LogP contribution is -2.49. The number of carbonyl (C=O) groups excluding carboxylic acids is 1. The summed E-state index contributed by atoms with van der Waals surface area (Å²) < 4.78 is 82.0. The van der Waals surface area contributed by atoms with Crippen molar-refractivity contribution in [1.82, 2.24) is 9.88 Å². The number of piperazine rings is 1. The Morgan fingerprint density at radius 3 is 2.18 bits per heavy atom. The molecule has 0 unspecified atom stereocenters. The van der Waals surface area contributed by atoms with Crippen LogP contribution in [0.1, 0.15) is 23.6 Å². The molecule has 180 valence electrons. The fourth-order valence-corrected chi connectivity index (χ4v) is 3.49. The molecule has 0 spiro atoms. The molecule has 1 aliphatic heterocycles. The largest absolute Gasteiger partial charge is 0.446 e. The van der Waals surface area contributed by atoms with Gasteiger partial charge in [-0.3, -0.25) is 4.79 Å². The smallest absolute Gasteiger partial charge is 0.421 e. The van der Waals surface area contributed by atoms with E-state index in [4.69, 9.17) is 4.74 Å². The summed E-state index contributed by atoms with van der Waals surface area (Å²) in [6.07, 6.45) is -9.49. The average Bonchev–Trinajstić information content (AvgIpc) is 2.74. The molecule has 0 aliphatic carbocycles. The zero-order valence-corrected chi connectivity index (χ0v) is 17.5. The fourth-order valence-electron chi connectivity index (χ4n) is 3.49. The molecule has 12 heteroatoms. The van der Waals surface area contributed by atoms with Crippen LogP contribution in [0.3, 0.4) is 0 Å². The molecule has 6 nitrogen and oxygen atoms in total. The van der Waals surface area contributed by atoms with Crippen molar-refractivity contribution in [2.45, 2.75) is 31.8 Å². The number of nitrogens with zero attached hydrogens (tertiary/aromatic N) is 2. The van der Waals surface area contributed by atoms with Crippen LogP contribution in [0.4, 0.5) is 36.8 Å². The number of ether oxygens (including phenoxy) is 1. The number of aromatic amines is 1. The zero-order valence-electron chi connectivity index (χ0n) is 17.5. The van der Waals surface area contributed by atoms with Gasteiger partial charge >= 0.3 is 18.4 Å². The first-order chi connectivity index (χ1) is 15.3. The monoisotopic (exact) mass is 477 g/mol. The van der Waals surface area contributed by atoms with Gasteiger partial charge in [0.25, 0.3) is 5.56 Å². The minimum atomic E-state index is -4.80. The summed E-state index contributed by atoms with van der Waals surface area (Å²) >= 11 is 0. The van der Waals surface area contributed by atoms with Crippen LogP contribution in [0.25, 0.3) is 0 Å². The van der Waals surface area contributed by atoms with E-state index in [0.717, 1.165) is 24.4 Å². The number of pyridine rings is 1. The lowest BCUT2D eigenvalue weighted by molar-refractivity contribution is -0.139. The molecule has 1 N–H and O–H groups in total. The third-order valence-corrected chi connectivity index (χ3v) is 5.19. The van der Waals surface area contributed by atoms with E-state index in [2.05, 4.69) is 0 Å². The van der Waals surface area contributed by atoms with Gasteiger partial charge in [-0.1, -0.05) is 0 Å². The Kier molecular flexibility index (Phi) is 6.94. The van der Waals surface area contributed by atoms with Crippen LogP contribution in [0.2, 0.25) is 0 Å². The van der Waals surface area contributed by atoms with Gasteiger partial charge in [-0.25, -0.2) is 4.79 Å². The lowest BCUT2D eigenvalue weighted by atomic mass is 10.1. The van der Waals surface area contributed by atoms with Crippen molar-refractivity contribution >= 4 is 11.8 Å². The van der Waals surface area contributed by atoms with Crippen molar-refractivity contribution in [3.63, 3.8) is 0 Å². The van der Waals surface area contributed by atoms with E-state index >= 15 is 0 Å². The molecule has 0 bridgehead atoms. The molecule has 1 atom stereocenters. The number of aromatic nitrogens is 1. The van der Waals surface area contributed by atoms with Gasteiger partial charge in [0.1, 0.15) is 11.7 Å². The lowest BCUT2D eigenvalue weighted by Gasteiger charge is -2.36. The number of alkyl halides is 6. The first-order valence-corrected chi connectivity index (χ1v) is 10.0. The molecule has 2 heterocycles. The van der Waals surface area contributed by atoms with E-state index in [0.29, 0.717) is 18.8 Å². The summed E-state index contributed by atoms with van der Waals surface area (Å²) in [4.78, 5) is 29.1. The van der Waals surface area contributed by atoms with Crippen LogP contribution in [-0.4, -0.2) is 48.3 Å². The number of benzene rings is 1. The third kappa shape index (κ3) is 6.20. The average molecular weight is 477 g/mol. The number of halogens is 6. The topological polar surface area (TPSA) is 65.6 Å². The van der Waals surface area contributed by atoms with Crippen molar-refractivity contribution in [3.05, 3.63) is 63.6 Å². The first-order valence-electron chi connectivity index (χ1n) is 10.0. The minimum absolute atomic E-state index is 0.0306. The molecule has 33 heavy (non-hydrogen) atoms. The number of nitrogens with one attached hydrogen (secondary N) is 1.